The largest absolute Gasteiger partial charge is 0.277 e. The monoisotopic (exact) mass is 224 g/mol. The number of nitro benzene ring substituents is 1. The molecule has 6 heteroatoms. The minimum absolute atomic E-state index is 0.0737. The van der Waals surface area contributed by atoms with E-state index in [-0.39, 0.29) is 11.3 Å². The van der Waals surface area contributed by atoms with Crippen LogP contribution in [0.1, 0.15) is 15.9 Å². The van der Waals surface area contributed by atoms with Gasteiger partial charge in [-0.1, -0.05) is 6.07 Å². The Bertz CT molecular complexity index is 431. The van der Waals surface area contributed by atoms with Crippen LogP contribution in [0.2, 0.25) is 0 Å². The SMILES string of the molecule is CON(C)C(=O)c1cccc([N+](=O)[O-])c1C. The third kappa shape index (κ3) is 2.17. The molecule has 1 aromatic rings. The fourth-order valence-corrected chi connectivity index (χ4v) is 1.31. The van der Waals surface area contributed by atoms with Gasteiger partial charge in [-0.25, -0.2) is 5.06 Å². The normalized spacial score (nSPS) is 9.94. The fourth-order valence-electron chi connectivity index (χ4n) is 1.31. The third-order valence-corrected chi connectivity index (χ3v) is 2.29. The highest BCUT2D eigenvalue weighted by Crippen LogP contribution is 2.21. The molecule has 0 heterocycles. The van der Waals surface area contributed by atoms with Crippen LogP contribution < -0.4 is 0 Å². The van der Waals surface area contributed by atoms with E-state index >= 15 is 0 Å². The maximum atomic E-state index is 11.7. The van der Waals surface area contributed by atoms with Gasteiger partial charge in [-0.3, -0.25) is 19.7 Å². The fraction of sp³-hybridized carbons (Fsp3) is 0.300. The minimum Gasteiger partial charge on any atom is -0.274 e. The van der Waals surface area contributed by atoms with E-state index in [1.807, 2.05) is 0 Å². The molecule has 0 aromatic heterocycles. The van der Waals surface area contributed by atoms with Crippen molar-refractivity contribution in [2.24, 2.45) is 0 Å². The first-order valence-corrected chi connectivity index (χ1v) is 4.55. The molecular weight excluding hydrogens is 212 g/mol. The van der Waals surface area contributed by atoms with Crippen LogP contribution in [0.5, 0.6) is 0 Å². The Kier molecular flexibility index (Phi) is 3.57. The number of nitrogens with zero attached hydrogens (tertiary/aromatic N) is 2. The standard InChI is InChI=1S/C10H12N2O4/c1-7-8(10(13)11(2)16-3)5-4-6-9(7)12(14)15/h4-6H,1-3H3. The first-order valence-electron chi connectivity index (χ1n) is 4.55. The van der Waals surface area contributed by atoms with Crippen LogP contribution in [-0.2, 0) is 4.84 Å². The van der Waals surface area contributed by atoms with Crippen molar-refractivity contribution in [1.29, 1.82) is 0 Å². The van der Waals surface area contributed by atoms with E-state index in [4.69, 9.17) is 4.84 Å². The molecule has 6 nitrogen and oxygen atoms in total. The van der Waals surface area contributed by atoms with Crippen LogP contribution >= 0.6 is 0 Å². The molecule has 1 amide bonds. The van der Waals surface area contributed by atoms with E-state index in [0.29, 0.717) is 5.56 Å². The highest BCUT2D eigenvalue weighted by atomic mass is 16.7. The molecule has 0 aliphatic heterocycles. The van der Waals surface area contributed by atoms with E-state index in [0.717, 1.165) is 5.06 Å². The predicted octanol–water partition coefficient (Wildman–Crippen LogP) is 1.54. The van der Waals surface area contributed by atoms with Gasteiger partial charge >= 0.3 is 0 Å². The second kappa shape index (κ2) is 4.71. The van der Waals surface area contributed by atoms with E-state index in [9.17, 15) is 14.9 Å². The van der Waals surface area contributed by atoms with Gasteiger partial charge in [-0.2, -0.15) is 0 Å². The van der Waals surface area contributed by atoms with Gasteiger partial charge in [0.1, 0.15) is 0 Å². The number of hydroxylamine groups is 2. The summed E-state index contributed by atoms with van der Waals surface area (Å²) in [4.78, 5) is 26.7. The molecule has 0 atom stereocenters. The lowest BCUT2D eigenvalue weighted by molar-refractivity contribution is -0.385. The molecule has 0 radical (unpaired) electrons. The van der Waals surface area contributed by atoms with Crippen LogP contribution in [0, 0.1) is 17.0 Å². The number of benzene rings is 1. The first-order chi connectivity index (χ1) is 7.49. The predicted molar refractivity (Wildman–Crippen MR) is 56.9 cm³/mol. The van der Waals surface area contributed by atoms with Gasteiger partial charge in [0.15, 0.2) is 0 Å². The van der Waals surface area contributed by atoms with Crippen molar-refractivity contribution >= 4 is 11.6 Å². The number of nitro groups is 1. The van der Waals surface area contributed by atoms with Crippen molar-refractivity contribution in [3.05, 3.63) is 39.4 Å². The van der Waals surface area contributed by atoms with Gasteiger partial charge in [0.25, 0.3) is 11.6 Å². The Morgan fingerprint density at radius 2 is 2.12 bits per heavy atom. The Morgan fingerprint density at radius 1 is 1.50 bits per heavy atom. The minimum atomic E-state index is -0.515. The molecule has 16 heavy (non-hydrogen) atoms. The van der Waals surface area contributed by atoms with Crippen molar-refractivity contribution in [3.63, 3.8) is 0 Å². The summed E-state index contributed by atoms with van der Waals surface area (Å²) in [6.45, 7) is 1.54. The molecule has 0 unspecified atom stereocenters. The van der Waals surface area contributed by atoms with Gasteiger partial charge < -0.3 is 0 Å². The molecule has 0 fully saturated rings. The lowest BCUT2D eigenvalue weighted by atomic mass is 10.1. The summed E-state index contributed by atoms with van der Waals surface area (Å²) in [5, 5.41) is 11.7. The molecule has 1 aromatic carbocycles. The molecule has 0 aliphatic rings. The summed E-state index contributed by atoms with van der Waals surface area (Å²) >= 11 is 0. The average Bonchev–Trinajstić information content (AvgIpc) is 2.27. The molecule has 0 N–H and O–H groups in total. The molecule has 0 bridgehead atoms. The first kappa shape index (κ1) is 12.1. The van der Waals surface area contributed by atoms with Gasteiger partial charge in [0.2, 0.25) is 0 Å². The van der Waals surface area contributed by atoms with Crippen LogP contribution in [0.25, 0.3) is 0 Å². The zero-order valence-corrected chi connectivity index (χ0v) is 9.26. The second-order valence-electron chi connectivity index (χ2n) is 3.19. The Hall–Kier alpha value is -1.95. The summed E-state index contributed by atoms with van der Waals surface area (Å²) in [6.07, 6.45) is 0. The zero-order valence-electron chi connectivity index (χ0n) is 9.26. The summed E-state index contributed by atoms with van der Waals surface area (Å²) in [5.41, 5.74) is 0.523. The quantitative estimate of drug-likeness (QED) is 0.576. The Balaban J connectivity index is 3.20. The molecule has 0 saturated carbocycles. The van der Waals surface area contributed by atoms with Gasteiger partial charge in [-0.15, -0.1) is 0 Å². The Morgan fingerprint density at radius 3 is 2.62 bits per heavy atom. The van der Waals surface area contributed by atoms with Gasteiger partial charge in [0, 0.05) is 18.7 Å². The maximum Gasteiger partial charge on any atom is 0.277 e. The van der Waals surface area contributed by atoms with E-state index in [1.165, 1.54) is 39.3 Å². The number of rotatable bonds is 3. The lowest BCUT2D eigenvalue weighted by Crippen LogP contribution is -2.26. The van der Waals surface area contributed by atoms with Crippen molar-refractivity contribution in [1.82, 2.24) is 5.06 Å². The van der Waals surface area contributed by atoms with Crippen LogP contribution in [0.3, 0.4) is 0 Å². The van der Waals surface area contributed by atoms with Gasteiger partial charge in [-0.05, 0) is 13.0 Å². The van der Waals surface area contributed by atoms with Crippen molar-refractivity contribution in [2.45, 2.75) is 6.92 Å². The molecule has 86 valence electrons. The van der Waals surface area contributed by atoms with Crippen molar-refractivity contribution in [3.8, 4) is 0 Å². The van der Waals surface area contributed by atoms with Crippen molar-refractivity contribution in [2.75, 3.05) is 14.2 Å². The van der Waals surface area contributed by atoms with Crippen molar-refractivity contribution < 1.29 is 14.6 Å². The van der Waals surface area contributed by atoms with Crippen LogP contribution in [-0.4, -0.2) is 30.1 Å². The number of hydrogen-bond donors (Lipinski definition) is 0. The van der Waals surface area contributed by atoms with E-state index < -0.39 is 10.8 Å². The second-order valence-corrected chi connectivity index (χ2v) is 3.19. The number of carbonyl (C=O) groups is 1. The maximum absolute atomic E-state index is 11.7. The highest BCUT2D eigenvalue weighted by molar-refractivity contribution is 5.95. The third-order valence-electron chi connectivity index (χ3n) is 2.29. The molecule has 0 aliphatic carbocycles. The number of amides is 1. The van der Waals surface area contributed by atoms with Crippen LogP contribution in [0.4, 0.5) is 5.69 Å². The number of carbonyl (C=O) groups excluding carboxylic acids is 1. The smallest absolute Gasteiger partial charge is 0.274 e. The highest BCUT2D eigenvalue weighted by Gasteiger charge is 2.20. The Labute approximate surface area is 92.5 Å². The van der Waals surface area contributed by atoms with E-state index in [2.05, 4.69) is 0 Å². The van der Waals surface area contributed by atoms with E-state index in [1.54, 1.807) is 0 Å². The topological polar surface area (TPSA) is 72.7 Å². The molecule has 0 spiro atoms. The van der Waals surface area contributed by atoms with Gasteiger partial charge in [0.05, 0.1) is 17.6 Å². The number of hydrogen-bond acceptors (Lipinski definition) is 4. The summed E-state index contributed by atoms with van der Waals surface area (Å²) in [6, 6.07) is 4.36. The molecule has 1 rings (SSSR count). The summed E-state index contributed by atoms with van der Waals surface area (Å²) in [7, 11) is 2.80. The summed E-state index contributed by atoms with van der Waals surface area (Å²) in [5.74, 6) is -0.413. The van der Waals surface area contributed by atoms with Crippen LogP contribution in [0.15, 0.2) is 18.2 Å². The summed E-state index contributed by atoms with van der Waals surface area (Å²) < 4.78 is 0. The lowest BCUT2D eigenvalue weighted by Gasteiger charge is -2.14. The average molecular weight is 224 g/mol. The molecule has 0 saturated heterocycles. The zero-order chi connectivity index (χ0) is 12.3. The molecular formula is C10H12N2O4.